The van der Waals surface area contributed by atoms with E-state index in [0.29, 0.717) is 35.0 Å². The van der Waals surface area contributed by atoms with Gasteiger partial charge in [0, 0.05) is 36.9 Å². The number of nitrogens with one attached hydrogen (secondary N) is 2. The first kappa shape index (κ1) is 26.8. The fourth-order valence-corrected chi connectivity index (χ4v) is 4.76. The maximum absolute atomic E-state index is 14.1. The summed E-state index contributed by atoms with van der Waals surface area (Å²) in [6, 6.07) is 11.0. The summed E-state index contributed by atoms with van der Waals surface area (Å²) in [6.45, 7) is 0.751. The van der Waals surface area contributed by atoms with Gasteiger partial charge in [-0.25, -0.2) is 14.4 Å². The molecule has 192 valence electrons. The number of methoxy groups -OCH3 is 1. The zero-order valence-electron chi connectivity index (χ0n) is 19.7. The number of aromatic nitrogens is 1. The summed E-state index contributed by atoms with van der Waals surface area (Å²) in [5, 5.41) is 6.08. The van der Waals surface area contributed by atoms with E-state index in [9.17, 15) is 14.0 Å². The molecule has 0 spiro atoms. The van der Waals surface area contributed by atoms with E-state index in [0.717, 1.165) is 12.3 Å². The Balaban J connectivity index is 1.77. The molecule has 8 nitrogen and oxygen atoms in total. The monoisotopic (exact) mass is 563 g/mol. The van der Waals surface area contributed by atoms with Gasteiger partial charge >= 0.3 is 0 Å². The molecular formula is C25H21Cl3FN5O3. The molecular weight excluding hydrogens is 544 g/mol. The Morgan fingerprint density at radius 1 is 1.19 bits per heavy atom. The van der Waals surface area contributed by atoms with Crippen molar-refractivity contribution in [2.24, 2.45) is 4.99 Å². The molecule has 2 amide bonds. The molecule has 1 aliphatic heterocycles. The molecule has 0 fully saturated rings. The van der Waals surface area contributed by atoms with E-state index < -0.39 is 23.8 Å². The van der Waals surface area contributed by atoms with Gasteiger partial charge in [0.15, 0.2) is 0 Å². The van der Waals surface area contributed by atoms with Crippen LogP contribution < -0.4 is 15.5 Å². The number of benzene rings is 2. The molecule has 1 aromatic heterocycles. The highest BCUT2D eigenvalue weighted by atomic mass is 35.5. The summed E-state index contributed by atoms with van der Waals surface area (Å²) in [4.78, 5) is 36.7. The largest absolute Gasteiger partial charge is 0.383 e. The molecule has 0 bridgehead atoms. The van der Waals surface area contributed by atoms with Crippen molar-refractivity contribution in [2.75, 3.05) is 37.5 Å². The second kappa shape index (κ2) is 11.4. The van der Waals surface area contributed by atoms with Crippen LogP contribution in [-0.2, 0) is 9.53 Å². The van der Waals surface area contributed by atoms with Crippen LogP contribution in [0.3, 0.4) is 0 Å². The minimum atomic E-state index is -1.40. The molecule has 4 rings (SSSR count). The number of fused-ring (bicyclic) bond motifs is 1. The van der Waals surface area contributed by atoms with Crippen LogP contribution in [0.2, 0.25) is 15.1 Å². The average molecular weight is 565 g/mol. The number of nitrogens with zero attached hydrogens (tertiary/aromatic N) is 3. The zero-order chi connectivity index (χ0) is 26.7. The maximum Gasteiger partial charge on any atom is 0.269 e. The van der Waals surface area contributed by atoms with Crippen molar-refractivity contribution in [3.8, 4) is 0 Å². The first-order valence-corrected chi connectivity index (χ1v) is 12.1. The molecule has 2 heterocycles. The van der Waals surface area contributed by atoms with Gasteiger partial charge in [0.2, 0.25) is 6.17 Å². The number of hydrogen-bond donors (Lipinski definition) is 2. The van der Waals surface area contributed by atoms with Gasteiger partial charge in [0.05, 0.1) is 39.8 Å². The van der Waals surface area contributed by atoms with E-state index in [1.165, 1.54) is 19.2 Å². The van der Waals surface area contributed by atoms with E-state index >= 15 is 0 Å². The number of likely N-dealkylation sites (N-methyl/N-ethyl adjacent to an activating group) is 1. The van der Waals surface area contributed by atoms with Gasteiger partial charge in [-0.05, 0) is 24.3 Å². The zero-order valence-corrected chi connectivity index (χ0v) is 22.0. The van der Waals surface area contributed by atoms with Crippen molar-refractivity contribution in [3.63, 3.8) is 0 Å². The number of ether oxygens (including phenoxy) is 1. The van der Waals surface area contributed by atoms with Crippen LogP contribution in [0.4, 0.5) is 15.9 Å². The summed E-state index contributed by atoms with van der Waals surface area (Å²) in [5.74, 6) is -1.87. The lowest BCUT2D eigenvalue weighted by atomic mass is 10.0. The average Bonchev–Trinajstić information content (AvgIpc) is 2.98. The molecule has 0 saturated carbocycles. The van der Waals surface area contributed by atoms with E-state index in [2.05, 4.69) is 20.6 Å². The Labute approximate surface area is 227 Å². The molecule has 1 aliphatic rings. The second-order valence-electron chi connectivity index (χ2n) is 8.07. The van der Waals surface area contributed by atoms with Gasteiger partial charge in [0.25, 0.3) is 11.8 Å². The predicted octanol–water partition coefficient (Wildman–Crippen LogP) is 4.81. The van der Waals surface area contributed by atoms with Crippen LogP contribution in [-0.4, -0.2) is 56.0 Å². The number of para-hydroxylation sites is 1. The summed E-state index contributed by atoms with van der Waals surface area (Å²) in [7, 11) is 3.23. The molecule has 0 aliphatic carbocycles. The number of amides is 2. The van der Waals surface area contributed by atoms with Gasteiger partial charge in [0.1, 0.15) is 11.6 Å². The van der Waals surface area contributed by atoms with Gasteiger partial charge in [-0.3, -0.25) is 9.59 Å². The van der Waals surface area contributed by atoms with Crippen LogP contribution >= 0.6 is 34.8 Å². The first-order chi connectivity index (χ1) is 17.7. The number of halogens is 4. The lowest BCUT2D eigenvalue weighted by molar-refractivity contribution is -0.117. The van der Waals surface area contributed by atoms with Gasteiger partial charge in [-0.1, -0.05) is 53.0 Å². The van der Waals surface area contributed by atoms with Crippen molar-refractivity contribution in [1.82, 2.24) is 10.3 Å². The standard InChI is InChI=1S/C25H21Cl3FN5O3/c1-34(7-8-37-2)23-16(11-14(29)12-30-23)24(35)33-22-25(36)31-19-6-4-3-5-15(19)21(32-22)20-17(27)9-13(26)10-18(20)28/h3-6,9-12,22H,7-8H2,1-2H3,(H,31,36)(H,33,35)/t22-/m1/s1. The van der Waals surface area contributed by atoms with E-state index in [1.54, 1.807) is 36.2 Å². The van der Waals surface area contributed by atoms with Crippen molar-refractivity contribution in [2.45, 2.75) is 6.17 Å². The van der Waals surface area contributed by atoms with Crippen molar-refractivity contribution in [3.05, 3.63) is 86.2 Å². The highest BCUT2D eigenvalue weighted by Gasteiger charge is 2.30. The molecule has 3 aromatic rings. The lowest BCUT2D eigenvalue weighted by Gasteiger charge is -2.21. The summed E-state index contributed by atoms with van der Waals surface area (Å²) < 4.78 is 19.2. The number of rotatable bonds is 7. The third-order valence-electron chi connectivity index (χ3n) is 5.53. The summed E-state index contributed by atoms with van der Waals surface area (Å²) in [6.07, 6.45) is -0.399. The van der Waals surface area contributed by atoms with Crippen LogP contribution in [0, 0.1) is 5.82 Å². The fourth-order valence-electron chi connectivity index (χ4n) is 3.76. The molecule has 0 radical (unpaired) electrons. The minimum absolute atomic E-state index is 0.0764. The Kier molecular flexibility index (Phi) is 8.29. The Hall–Kier alpha value is -3.24. The van der Waals surface area contributed by atoms with Crippen LogP contribution in [0.25, 0.3) is 0 Å². The topological polar surface area (TPSA) is 95.9 Å². The smallest absolute Gasteiger partial charge is 0.269 e. The van der Waals surface area contributed by atoms with Crippen LogP contribution in [0.15, 0.2) is 53.7 Å². The number of benzodiazepines with no additional fused rings is 1. The van der Waals surface area contributed by atoms with Gasteiger partial charge in [-0.15, -0.1) is 0 Å². The Morgan fingerprint density at radius 3 is 2.59 bits per heavy atom. The Morgan fingerprint density at radius 2 is 1.89 bits per heavy atom. The predicted molar refractivity (Wildman–Crippen MR) is 143 cm³/mol. The maximum atomic E-state index is 14.1. The molecule has 12 heteroatoms. The van der Waals surface area contributed by atoms with Gasteiger partial charge < -0.3 is 20.3 Å². The first-order valence-electron chi connectivity index (χ1n) is 11.0. The summed E-state index contributed by atoms with van der Waals surface area (Å²) >= 11 is 19.0. The molecule has 2 aromatic carbocycles. The highest BCUT2D eigenvalue weighted by molar-refractivity contribution is 6.44. The molecule has 1 atom stereocenters. The van der Waals surface area contributed by atoms with Crippen LogP contribution in [0.1, 0.15) is 21.5 Å². The third kappa shape index (κ3) is 5.86. The molecule has 2 N–H and O–H groups in total. The second-order valence-corrected chi connectivity index (χ2v) is 9.32. The normalized spacial score (nSPS) is 14.8. The number of carbonyl (C=O) groups excluding carboxylic acids is 2. The Bertz CT molecular complexity index is 1380. The van der Waals surface area contributed by atoms with Gasteiger partial charge in [-0.2, -0.15) is 0 Å². The number of aliphatic imine (C=N–C) groups is 1. The van der Waals surface area contributed by atoms with Crippen LogP contribution in [0.5, 0.6) is 0 Å². The number of carbonyl (C=O) groups is 2. The molecule has 0 saturated heterocycles. The van der Waals surface area contributed by atoms with Crippen molar-refractivity contribution in [1.29, 1.82) is 0 Å². The van der Waals surface area contributed by atoms with Crippen molar-refractivity contribution >= 4 is 63.8 Å². The molecule has 37 heavy (non-hydrogen) atoms. The van der Waals surface area contributed by atoms with Crippen molar-refractivity contribution < 1.29 is 18.7 Å². The third-order valence-corrected chi connectivity index (χ3v) is 6.34. The minimum Gasteiger partial charge on any atom is -0.383 e. The highest BCUT2D eigenvalue weighted by Crippen LogP contribution is 2.34. The lowest BCUT2D eigenvalue weighted by Crippen LogP contribution is -2.43. The number of pyridine rings is 1. The number of hydrogen-bond acceptors (Lipinski definition) is 6. The SMILES string of the molecule is COCCN(C)c1ncc(F)cc1C(=O)N[C@H]1N=C(c2c(Cl)cc(Cl)cc2Cl)c2ccccc2NC1=O. The summed E-state index contributed by atoms with van der Waals surface area (Å²) in [5.41, 5.74) is 1.50. The van der Waals surface area contributed by atoms with E-state index in [4.69, 9.17) is 39.5 Å². The fraction of sp³-hybridized carbons (Fsp3) is 0.200. The molecule has 0 unspecified atom stereocenters. The van der Waals surface area contributed by atoms with E-state index in [-0.39, 0.29) is 27.1 Å². The number of anilines is 2. The quantitative estimate of drug-likeness (QED) is 0.429. The van der Waals surface area contributed by atoms with E-state index in [1.807, 2.05) is 0 Å².